The van der Waals surface area contributed by atoms with Gasteiger partial charge in [0.1, 0.15) is 11.5 Å². The van der Waals surface area contributed by atoms with Crippen LogP contribution in [0.2, 0.25) is 0 Å². The van der Waals surface area contributed by atoms with Gasteiger partial charge < -0.3 is 14.2 Å². The number of benzene rings is 3. The SMILES string of the molecule is COc1cccc2c(OC(C)=O)c3ccccc3c(OC(C)=O)c12. The predicted octanol–water partition coefficient (Wildman–Crippen LogP) is 3.85. The predicted molar refractivity (Wildman–Crippen MR) is 90.6 cm³/mol. The van der Waals surface area contributed by atoms with Gasteiger partial charge in [-0.3, -0.25) is 9.59 Å². The zero-order valence-electron chi connectivity index (χ0n) is 13.6. The van der Waals surface area contributed by atoms with Gasteiger partial charge in [0.05, 0.1) is 12.5 Å². The van der Waals surface area contributed by atoms with Gasteiger partial charge in [-0.2, -0.15) is 0 Å². The number of rotatable bonds is 3. The van der Waals surface area contributed by atoms with Gasteiger partial charge in [0, 0.05) is 30.0 Å². The minimum absolute atomic E-state index is 0.390. The van der Waals surface area contributed by atoms with E-state index in [-0.39, 0.29) is 0 Å². The van der Waals surface area contributed by atoms with Gasteiger partial charge in [-0.05, 0) is 6.07 Å². The molecule has 3 rings (SSSR count). The molecule has 5 heteroatoms. The molecule has 3 aromatic carbocycles. The van der Waals surface area contributed by atoms with E-state index in [1.807, 2.05) is 24.3 Å². The van der Waals surface area contributed by atoms with E-state index in [1.165, 1.54) is 21.0 Å². The molecule has 0 aliphatic carbocycles. The molecule has 0 heterocycles. The molecule has 0 aliphatic rings. The Morgan fingerprint density at radius 1 is 0.750 bits per heavy atom. The molecule has 5 nitrogen and oxygen atoms in total. The van der Waals surface area contributed by atoms with E-state index in [0.717, 1.165) is 0 Å². The minimum atomic E-state index is -0.437. The third-order valence-electron chi connectivity index (χ3n) is 3.63. The molecule has 0 unspecified atom stereocenters. The standard InChI is InChI=1S/C19H16O5/c1-11(20)23-18-13-7-4-5-8-14(13)19(24-12(2)21)17-15(18)9-6-10-16(17)22-3/h4-10H,1-3H3. The van der Waals surface area contributed by atoms with Gasteiger partial charge in [0.2, 0.25) is 0 Å². The summed E-state index contributed by atoms with van der Waals surface area (Å²) < 4.78 is 16.4. The quantitative estimate of drug-likeness (QED) is 0.416. The highest BCUT2D eigenvalue weighted by Gasteiger charge is 2.20. The molecule has 0 spiro atoms. The smallest absolute Gasteiger partial charge is 0.308 e. The maximum atomic E-state index is 11.6. The molecular weight excluding hydrogens is 308 g/mol. The largest absolute Gasteiger partial charge is 0.496 e. The lowest BCUT2D eigenvalue weighted by atomic mass is 9.99. The fourth-order valence-electron chi connectivity index (χ4n) is 2.79. The van der Waals surface area contributed by atoms with Crippen molar-refractivity contribution in [1.29, 1.82) is 0 Å². The summed E-state index contributed by atoms with van der Waals surface area (Å²) >= 11 is 0. The average Bonchev–Trinajstić information content (AvgIpc) is 2.56. The number of esters is 2. The topological polar surface area (TPSA) is 61.8 Å². The first-order valence-corrected chi connectivity index (χ1v) is 7.41. The number of fused-ring (bicyclic) bond motifs is 2. The fourth-order valence-corrected chi connectivity index (χ4v) is 2.79. The summed E-state index contributed by atoms with van der Waals surface area (Å²) in [7, 11) is 1.53. The molecule has 0 bridgehead atoms. The van der Waals surface area contributed by atoms with E-state index in [4.69, 9.17) is 14.2 Å². The van der Waals surface area contributed by atoms with Gasteiger partial charge in [-0.1, -0.05) is 36.4 Å². The van der Waals surface area contributed by atoms with Crippen molar-refractivity contribution in [3.63, 3.8) is 0 Å². The van der Waals surface area contributed by atoms with Crippen LogP contribution in [0.25, 0.3) is 21.5 Å². The maximum Gasteiger partial charge on any atom is 0.308 e. The van der Waals surface area contributed by atoms with Crippen molar-refractivity contribution in [2.75, 3.05) is 7.11 Å². The summed E-state index contributed by atoms with van der Waals surface area (Å²) in [4.78, 5) is 23.2. The third-order valence-corrected chi connectivity index (χ3v) is 3.63. The lowest BCUT2D eigenvalue weighted by molar-refractivity contribution is -0.132. The summed E-state index contributed by atoms with van der Waals surface area (Å²) in [5.74, 6) is 0.476. The van der Waals surface area contributed by atoms with Gasteiger partial charge in [0.15, 0.2) is 5.75 Å². The average molecular weight is 324 g/mol. The molecule has 0 aliphatic heterocycles. The second kappa shape index (κ2) is 6.20. The van der Waals surface area contributed by atoms with E-state index in [0.29, 0.717) is 38.8 Å². The molecular formula is C19H16O5. The summed E-state index contributed by atoms with van der Waals surface area (Å²) in [6.07, 6.45) is 0. The van der Waals surface area contributed by atoms with Crippen molar-refractivity contribution in [2.24, 2.45) is 0 Å². The Labute approximate surface area is 138 Å². The lowest BCUT2D eigenvalue weighted by Gasteiger charge is -2.17. The van der Waals surface area contributed by atoms with Crippen LogP contribution < -0.4 is 14.2 Å². The van der Waals surface area contributed by atoms with Crippen LogP contribution in [0.15, 0.2) is 42.5 Å². The normalized spacial score (nSPS) is 10.6. The van der Waals surface area contributed by atoms with Crippen LogP contribution in [0.5, 0.6) is 17.2 Å². The second-order valence-corrected chi connectivity index (χ2v) is 5.27. The van der Waals surface area contributed by atoms with E-state index in [9.17, 15) is 9.59 Å². The van der Waals surface area contributed by atoms with Gasteiger partial charge in [-0.15, -0.1) is 0 Å². The van der Waals surface area contributed by atoms with Crippen molar-refractivity contribution in [1.82, 2.24) is 0 Å². The Bertz CT molecular complexity index is 959. The Hall–Kier alpha value is -3.08. The number of hydrogen-bond acceptors (Lipinski definition) is 5. The molecule has 3 aromatic rings. The van der Waals surface area contributed by atoms with Gasteiger partial charge >= 0.3 is 11.9 Å². The van der Waals surface area contributed by atoms with E-state index in [2.05, 4.69) is 0 Å². The van der Waals surface area contributed by atoms with Crippen molar-refractivity contribution < 1.29 is 23.8 Å². The summed E-state index contributed by atoms with van der Waals surface area (Å²) in [5, 5.41) is 2.58. The molecule has 0 saturated heterocycles. The first kappa shape index (κ1) is 15.8. The molecule has 0 fully saturated rings. The lowest BCUT2D eigenvalue weighted by Crippen LogP contribution is -2.06. The maximum absolute atomic E-state index is 11.6. The molecule has 0 aromatic heterocycles. The number of hydrogen-bond donors (Lipinski definition) is 0. The first-order chi connectivity index (χ1) is 11.5. The molecule has 0 saturated carbocycles. The molecule has 0 N–H and O–H groups in total. The highest BCUT2D eigenvalue weighted by Crippen LogP contribution is 2.46. The minimum Gasteiger partial charge on any atom is -0.496 e. The zero-order valence-corrected chi connectivity index (χ0v) is 13.6. The van der Waals surface area contributed by atoms with Crippen LogP contribution >= 0.6 is 0 Å². The highest BCUT2D eigenvalue weighted by atomic mass is 16.5. The van der Waals surface area contributed by atoms with Gasteiger partial charge in [-0.25, -0.2) is 0 Å². The Morgan fingerprint density at radius 3 is 1.88 bits per heavy atom. The third kappa shape index (κ3) is 2.65. The molecule has 24 heavy (non-hydrogen) atoms. The summed E-state index contributed by atoms with van der Waals surface area (Å²) in [6.45, 7) is 2.69. The molecule has 0 atom stereocenters. The van der Waals surface area contributed by atoms with E-state index < -0.39 is 11.9 Å². The Kier molecular flexibility index (Phi) is 4.08. The van der Waals surface area contributed by atoms with E-state index in [1.54, 1.807) is 18.2 Å². The van der Waals surface area contributed by atoms with Crippen LogP contribution in [0.4, 0.5) is 0 Å². The van der Waals surface area contributed by atoms with Gasteiger partial charge in [0.25, 0.3) is 0 Å². The fraction of sp³-hybridized carbons (Fsp3) is 0.158. The number of ether oxygens (including phenoxy) is 3. The molecule has 0 amide bonds. The van der Waals surface area contributed by atoms with Crippen molar-refractivity contribution in [3.8, 4) is 17.2 Å². The Balaban J connectivity index is 2.54. The number of carbonyl (C=O) groups is 2. The summed E-state index contributed by atoms with van der Waals surface area (Å²) in [5.41, 5.74) is 0. The van der Waals surface area contributed by atoms with Crippen molar-refractivity contribution in [3.05, 3.63) is 42.5 Å². The van der Waals surface area contributed by atoms with Crippen LogP contribution in [-0.4, -0.2) is 19.0 Å². The van der Waals surface area contributed by atoms with Crippen LogP contribution in [-0.2, 0) is 9.59 Å². The second-order valence-electron chi connectivity index (χ2n) is 5.27. The van der Waals surface area contributed by atoms with Crippen molar-refractivity contribution >= 4 is 33.5 Å². The van der Waals surface area contributed by atoms with Crippen LogP contribution in [0.3, 0.4) is 0 Å². The van der Waals surface area contributed by atoms with Crippen molar-refractivity contribution in [2.45, 2.75) is 13.8 Å². The number of methoxy groups -OCH3 is 1. The highest BCUT2D eigenvalue weighted by molar-refractivity contribution is 6.14. The first-order valence-electron chi connectivity index (χ1n) is 7.41. The monoisotopic (exact) mass is 324 g/mol. The summed E-state index contributed by atoms with van der Waals surface area (Å²) in [6, 6.07) is 12.6. The van der Waals surface area contributed by atoms with Crippen LogP contribution in [0, 0.1) is 0 Å². The molecule has 0 radical (unpaired) electrons. The van der Waals surface area contributed by atoms with Crippen LogP contribution in [0.1, 0.15) is 13.8 Å². The number of carbonyl (C=O) groups excluding carboxylic acids is 2. The zero-order chi connectivity index (χ0) is 17.3. The Morgan fingerprint density at radius 2 is 1.29 bits per heavy atom. The van der Waals surface area contributed by atoms with E-state index >= 15 is 0 Å². The molecule has 122 valence electrons.